The van der Waals surface area contributed by atoms with Gasteiger partial charge in [0.2, 0.25) is 0 Å². The summed E-state index contributed by atoms with van der Waals surface area (Å²) in [6.45, 7) is 11.0. The van der Waals surface area contributed by atoms with Crippen LogP contribution in [-0.4, -0.2) is 26.7 Å². The number of nitrogens with one attached hydrogen (secondary N) is 1. The van der Waals surface area contributed by atoms with Crippen LogP contribution in [0.15, 0.2) is 18.2 Å². The first-order chi connectivity index (χ1) is 10.4. The van der Waals surface area contributed by atoms with Crippen molar-refractivity contribution < 1.29 is 8.78 Å². The Morgan fingerprint density at radius 3 is 2.59 bits per heavy atom. The summed E-state index contributed by atoms with van der Waals surface area (Å²) in [5, 5.41) is 7.31. The lowest BCUT2D eigenvalue weighted by Gasteiger charge is -2.35. The maximum absolute atomic E-state index is 12.9. The molecular weight excluding hydrogens is 288 g/mol. The molecule has 0 radical (unpaired) electrons. The van der Waals surface area contributed by atoms with Crippen LogP contribution in [0.4, 0.5) is 20.3 Å². The molecule has 114 valence electrons. The second-order valence-electron chi connectivity index (χ2n) is 5.62. The molecule has 7 heteroatoms. The van der Waals surface area contributed by atoms with Gasteiger partial charge in [0.15, 0.2) is 5.69 Å². The minimum atomic E-state index is -2.59. The SMILES string of the molecule is [C-]#[N+]c1cc(NC2CC(F)(F)C2)nc(-n2nc(C)cc2C)c1. The van der Waals surface area contributed by atoms with Crippen molar-refractivity contribution in [1.82, 2.24) is 14.8 Å². The minimum absolute atomic E-state index is 0.202. The van der Waals surface area contributed by atoms with Crippen LogP contribution in [0.1, 0.15) is 24.2 Å². The van der Waals surface area contributed by atoms with E-state index >= 15 is 0 Å². The average molecular weight is 303 g/mol. The van der Waals surface area contributed by atoms with Crippen molar-refractivity contribution in [3.05, 3.63) is 41.0 Å². The molecule has 2 aromatic heterocycles. The Hall–Kier alpha value is -2.49. The topological polar surface area (TPSA) is 47.1 Å². The summed E-state index contributed by atoms with van der Waals surface area (Å²) in [5.74, 6) is -1.66. The normalized spacial score (nSPS) is 16.9. The van der Waals surface area contributed by atoms with Crippen LogP contribution in [0.5, 0.6) is 0 Å². The van der Waals surface area contributed by atoms with Crippen molar-refractivity contribution >= 4 is 11.5 Å². The molecule has 1 N–H and O–H groups in total. The van der Waals surface area contributed by atoms with Gasteiger partial charge >= 0.3 is 0 Å². The number of nitrogens with zero attached hydrogens (tertiary/aromatic N) is 4. The predicted octanol–water partition coefficient (Wildman–Crippen LogP) is 3.64. The summed E-state index contributed by atoms with van der Waals surface area (Å²) in [5.41, 5.74) is 2.14. The fourth-order valence-corrected chi connectivity index (χ4v) is 2.58. The van der Waals surface area contributed by atoms with Crippen LogP contribution >= 0.6 is 0 Å². The summed E-state index contributed by atoms with van der Waals surface area (Å²) in [6, 6.07) is 4.80. The van der Waals surface area contributed by atoms with Gasteiger partial charge in [0.05, 0.1) is 12.3 Å². The zero-order valence-corrected chi connectivity index (χ0v) is 12.3. The Morgan fingerprint density at radius 1 is 1.32 bits per heavy atom. The van der Waals surface area contributed by atoms with Crippen molar-refractivity contribution in [2.45, 2.75) is 38.7 Å². The van der Waals surface area contributed by atoms with Crippen molar-refractivity contribution in [3.8, 4) is 5.82 Å². The molecule has 0 aromatic carbocycles. The van der Waals surface area contributed by atoms with Crippen LogP contribution in [0.25, 0.3) is 10.7 Å². The van der Waals surface area contributed by atoms with E-state index in [1.807, 2.05) is 19.9 Å². The zero-order valence-electron chi connectivity index (χ0n) is 12.3. The van der Waals surface area contributed by atoms with Gasteiger partial charge in [0.25, 0.3) is 5.92 Å². The predicted molar refractivity (Wildman–Crippen MR) is 78.7 cm³/mol. The molecule has 0 aliphatic heterocycles. The highest BCUT2D eigenvalue weighted by Crippen LogP contribution is 2.39. The van der Waals surface area contributed by atoms with E-state index in [9.17, 15) is 8.78 Å². The first-order valence-electron chi connectivity index (χ1n) is 6.94. The number of alkyl halides is 2. The molecule has 0 saturated heterocycles. The Kier molecular flexibility index (Phi) is 3.32. The third-order valence-corrected chi connectivity index (χ3v) is 3.59. The zero-order chi connectivity index (χ0) is 15.9. The second kappa shape index (κ2) is 5.05. The summed E-state index contributed by atoms with van der Waals surface area (Å²) >= 11 is 0. The number of rotatable bonds is 3. The van der Waals surface area contributed by atoms with Crippen LogP contribution < -0.4 is 5.32 Å². The molecule has 2 aromatic rings. The fraction of sp³-hybridized carbons (Fsp3) is 0.400. The van der Waals surface area contributed by atoms with Gasteiger partial charge in [-0.3, -0.25) is 0 Å². The standard InChI is InChI=1S/C15H15F2N5/c1-9-4-10(2)22(21-9)14-6-11(18-3)5-13(20-14)19-12-7-15(16,17)8-12/h4-6,12H,7-8H2,1-2H3,(H,19,20). The van der Waals surface area contributed by atoms with Gasteiger partial charge in [0.1, 0.15) is 11.6 Å². The molecular formula is C15H15F2N5. The Balaban J connectivity index is 1.90. The summed E-state index contributed by atoms with van der Waals surface area (Å²) in [4.78, 5) is 7.81. The van der Waals surface area contributed by atoms with E-state index in [1.54, 1.807) is 16.8 Å². The van der Waals surface area contributed by atoms with Crippen molar-refractivity contribution in [2.75, 3.05) is 5.32 Å². The summed E-state index contributed by atoms with van der Waals surface area (Å²) in [6.07, 6.45) is -0.404. The summed E-state index contributed by atoms with van der Waals surface area (Å²) in [7, 11) is 0. The highest BCUT2D eigenvalue weighted by molar-refractivity contribution is 5.58. The highest BCUT2D eigenvalue weighted by atomic mass is 19.3. The van der Waals surface area contributed by atoms with Gasteiger partial charge in [-0.05, 0) is 32.0 Å². The number of hydrogen-bond donors (Lipinski definition) is 1. The van der Waals surface area contributed by atoms with E-state index in [1.165, 1.54) is 0 Å². The van der Waals surface area contributed by atoms with Gasteiger partial charge in [-0.25, -0.2) is 23.3 Å². The van der Waals surface area contributed by atoms with Crippen LogP contribution in [-0.2, 0) is 0 Å². The molecule has 0 bridgehead atoms. The minimum Gasteiger partial charge on any atom is -0.368 e. The van der Waals surface area contributed by atoms with Crippen LogP contribution in [0.3, 0.4) is 0 Å². The monoisotopic (exact) mass is 303 g/mol. The molecule has 0 atom stereocenters. The van der Waals surface area contributed by atoms with Crippen molar-refractivity contribution in [2.24, 2.45) is 0 Å². The van der Waals surface area contributed by atoms with Gasteiger partial charge < -0.3 is 5.32 Å². The van der Waals surface area contributed by atoms with E-state index < -0.39 is 5.92 Å². The third kappa shape index (κ3) is 2.77. The number of aromatic nitrogens is 3. The smallest absolute Gasteiger partial charge is 0.252 e. The van der Waals surface area contributed by atoms with Gasteiger partial charge in [0, 0.05) is 24.6 Å². The van der Waals surface area contributed by atoms with Crippen molar-refractivity contribution in [3.63, 3.8) is 0 Å². The van der Waals surface area contributed by atoms with Gasteiger partial charge in [-0.2, -0.15) is 5.10 Å². The third-order valence-electron chi connectivity index (χ3n) is 3.59. The van der Waals surface area contributed by atoms with E-state index in [-0.39, 0.29) is 18.9 Å². The lowest BCUT2D eigenvalue weighted by atomic mass is 9.88. The number of aryl methyl sites for hydroxylation is 2. The fourth-order valence-electron chi connectivity index (χ4n) is 2.58. The lowest BCUT2D eigenvalue weighted by Crippen LogP contribution is -2.44. The number of hydrogen-bond acceptors (Lipinski definition) is 3. The maximum Gasteiger partial charge on any atom is 0.252 e. The quantitative estimate of drug-likeness (QED) is 0.881. The Bertz CT molecular complexity index is 752. The number of halogens is 2. The molecule has 0 amide bonds. The lowest BCUT2D eigenvalue weighted by molar-refractivity contribution is -0.0794. The molecule has 2 heterocycles. The number of pyridine rings is 1. The molecule has 1 fully saturated rings. The van der Waals surface area contributed by atoms with Crippen molar-refractivity contribution in [1.29, 1.82) is 0 Å². The molecule has 0 unspecified atom stereocenters. The van der Waals surface area contributed by atoms with E-state index in [4.69, 9.17) is 6.57 Å². The highest BCUT2D eigenvalue weighted by Gasteiger charge is 2.45. The van der Waals surface area contributed by atoms with Crippen LogP contribution in [0, 0.1) is 20.4 Å². The van der Waals surface area contributed by atoms with Gasteiger partial charge in [-0.1, -0.05) is 0 Å². The molecule has 22 heavy (non-hydrogen) atoms. The Labute approximate surface area is 126 Å². The molecule has 0 spiro atoms. The van der Waals surface area contributed by atoms with E-state index in [0.717, 1.165) is 11.4 Å². The second-order valence-corrected chi connectivity index (χ2v) is 5.62. The van der Waals surface area contributed by atoms with E-state index in [2.05, 4.69) is 20.2 Å². The molecule has 1 aliphatic carbocycles. The molecule has 3 rings (SSSR count). The van der Waals surface area contributed by atoms with Gasteiger partial charge in [-0.15, -0.1) is 0 Å². The maximum atomic E-state index is 12.9. The first kappa shape index (κ1) is 14.4. The molecule has 5 nitrogen and oxygen atoms in total. The number of anilines is 1. The molecule has 1 saturated carbocycles. The van der Waals surface area contributed by atoms with Crippen LogP contribution in [0.2, 0.25) is 0 Å². The average Bonchev–Trinajstić information content (AvgIpc) is 2.75. The molecule has 1 aliphatic rings. The Morgan fingerprint density at radius 2 is 2.05 bits per heavy atom. The van der Waals surface area contributed by atoms with E-state index in [0.29, 0.717) is 17.3 Å². The first-order valence-corrected chi connectivity index (χ1v) is 6.94. The summed E-state index contributed by atoms with van der Waals surface area (Å²) < 4.78 is 27.5. The largest absolute Gasteiger partial charge is 0.368 e.